The number of thioether (sulfide) groups is 1. The highest BCUT2D eigenvalue weighted by molar-refractivity contribution is 7.98. The standard InChI is InChI=1S/C10H16N4S2/c1-7-6-8(9(11)15)13-10(12-7)14(2)4-5-16-3/h6H,4-5H2,1-3H3,(H2,11,15). The van der Waals surface area contributed by atoms with Crippen molar-refractivity contribution in [2.24, 2.45) is 5.73 Å². The van der Waals surface area contributed by atoms with Crippen molar-refractivity contribution in [2.45, 2.75) is 6.92 Å². The average molecular weight is 256 g/mol. The molecule has 0 aliphatic carbocycles. The third-order valence-electron chi connectivity index (χ3n) is 2.07. The van der Waals surface area contributed by atoms with Crippen LogP contribution in [0.3, 0.4) is 0 Å². The van der Waals surface area contributed by atoms with Crippen LogP contribution in [0.4, 0.5) is 5.95 Å². The summed E-state index contributed by atoms with van der Waals surface area (Å²) >= 11 is 6.71. The Morgan fingerprint density at radius 1 is 1.56 bits per heavy atom. The van der Waals surface area contributed by atoms with Gasteiger partial charge in [0.2, 0.25) is 5.95 Å². The highest BCUT2D eigenvalue weighted by Crippen LogP contribution is 2.09. The van der Waals surface area contributed by atoms with Gasteiger partial charge in [-0.05, 0) is 19.2 Å². The number of aromatic nitrogens is 2. The first-order valence-electron chi connectivity index (χ1n) is 4.90. The Morgan fingerprint density at radius 2 is 2.25 bits per heavy atom. The number of hydrogen-bond acceptors (Lipinski definition) is 5. The van der Waals surface area contributed by atoms with Gasteiger partial charge in [-0.15, -0.1) is 0 Å². The highest BCUT2D eigenvalue weighted by atomic mass is 32.2. The summed E-state index contributed by atoms with van der Waals surface area (Å²) in [6, 6.07) is 1.80. The summed E-state index contributed by atoms with van der Waals surface area (Å²) in [5.41, 5.74) is 7.08. The van der Waals surface area contributed by atoms with E-state index >= 15 is 0 Å². The summed E-state index contributed by atoms with van der Waals surface area (Å²) in [6.07, 6.45) is 2.07. The van der Waals surface area contributed by atoms with E-state index in [1.165, 1.54) is 0 Å². The molecule has 1 aromatic rings. The van der Waals surface area contributed by atoms with E-state index in [1.807, 2.05) is 18.9 Å². The van der Waals surface area contributed by atoms with Gasteiger partial charge in [0.1, 0.15) is 10.7 Å². The number of nitrogens with two attached hydrogens (primary N) is 1. The van der Waals surface area contributed by atoms with Crippen molar-refractivity contribution >= 4 is 34.9 Å². The predicted octanol–water partition coefficient (Wildman–Crippen LogP) is 1.22. The molecule has 4 nitrogen and oxygen atoms in total. The summed E-state index contributed by atoms with van der Waals surface area (Å²) in [7, 11) is 1.97. The Bertz CT molecular complexity index is 381. The van der Waals surface area contributed by atoms with Gasteiger partial charge in [-0.25, -0.2) is 9.97 Å². The van der Waals surface area contributed by atoms with E-state index in [1.54, 1.807) is 17.8 Å². The molecule has 16 heavy (non-hydrogen) atoms. The predicted molar refractivity (Wildman–Crippen MR) is 74.3 cm³/mol. The normalized spacial score (nSPS) is 10.2. The van der Waals surface area contributed by atoms with Crippen molar-refractivity contribution in [2.75, 3.05) is 30.5 Å². The molecule has 2 N–H and O–H groups in total. The Labute approximate surface area is 106 Å². The lowest BCUT2D eigenvalue weighted by atomic mass is 10.3. The molecule has 0 spiro atoms. The maximum absolute atomic E-state index is 5.57. The first-order valence-corrected chi connectivity index (χ1v) is 6.70. The highest BCUT2D eigenvalue weighted by Gasteiger charge is 2.08. The van der Waals surface area contributed by atoms with Gasteiger partial charge in [-0.1, -0.05) is 12.2 Å². The number of aryl methyl sites for hydroxylation is 1. The molecule has 1 rings (SSSR count). The van der Waals surface area contributed by atoms with Crippen LogP contribution in [0.25, 0.3) is 0 Å². The minimum absolute atomic E-state index is 0.310. The zero-order valence-corrected chi connectivity index (χ0v) is 11.4. The topological polar surface area (TPSA) is 55.0 Å². The van der Waals surface area contributed by atoms with E-state index in [4.69, 9.17) is 18.0 Å². The molecule has 0 atom stereocenters. The first kappa shape index (κ1) is 13.2. The van der Waals surface area contributed by atoms with Gasteiger partial charge in [0.25, 0.3) is 0 Å². The van der Waals surface area contributed by atoms with E-state index in [9.17, 15) is 0 Å². The minimum atomic E-state index is 0.310. The minimum Gasteiger partial charge on any atom is -0.388 e. The molecule has 1 aromatic heterocycles. The lowest BCUT2D eigenvalue weighted by Crippen LogP contribution is -2.24. The fourth-order valence-electron chi connectivity index (χ4n) is 1.18. The zero-order valence-electron chi connectivity index (χ0n) is 9.73. The second kappa shape index (κ2) is 6.00. The van der Waals surface area contributed by atoms with Crippen LogP contribution >= 0.6 is 24.0 Å². The third kappa shape index (κ3) is 3.61. The molecule has 0 aliphatic rings. The Hall–Kier alpha value is -0.880. The van der Waals surface area contributed by atoms with Crippen LogP contribution < -0.4 is 10.6 Å². The molecule has 0 fully saturated rings. The molecule has 0 aliphatic heterocycles. The monoisotopic (exact) mass is 256 g/mol. The van der Waals surface area contributed by atoms with Crippen LogP contribution in [0.2, 0.25) is 0 Å². The number of rotatable bonds is 5. The Balaban J connectivity index is 2.91. The molecule has 88 valence electrons. The summed E-state index contributed by atoms with van der Waals surface area (Å²) < 4.78 is 0. The number of hydrogen-bond donors (Lipinski definition) is 1. The van der Waals surface area contributed by atoms with E-state index < -0.39 is 0 Å². The van der Waals surface area contributed by atoms with Crippen LogP contribution in [0.15, 0.2) is 6.07 Å². The van der Waals surface area contributed by atoms with Crippen molar-refractivity contribution in [3.8, 4) is 0 Å². The van der Waals surface area contributed by atoms with Gasteiger partial charge >= 0.3 is 0 Å². The van der Waals surface area contributed by atoms with E-state index in [2.05, 4.69) is 16.2 Å². The van der Waals surface area contributed by atoms with Gasteiger partial charge < -0.3 is 10.6 Å². The van der Waals surface area contributed by atoms with Crippen LogP contribution in [0, 0.1) is 6.92 Å². The molecule has 1 heterocycles. The second-order valence-electron chi connectivity index (χ2n) is 3.47. The van der Waals surface area contributed by atoms with Crippen LogP contribution in [-0.2, 0) is 0 Å². The van der Waals surface area contributed by atoms with Crippen molar-refractivity contribution in [1.82, 2.24) is 9.97 Å². The molecule has 0 aromatic carbocycles. The Kier molecular flexibility index (Phi) is 4.95. The van der Waals surface area contributed by atoms with Gasteiger partial charge in [0, 0.05) is 25.0 Å². The number of nitrogens with zero attached hydrogens (tertiary/aromatic N) is 3. The van der Waals surface area contributed by atoms with Gasteiger partial charge in [-0.2, -0.15) is 11.8 Å². The molecule has 6 heteroatoms. The molecule has 0 saturated heterocycles. The van der Waals surface area contributed by atoms with Gasteiger partial charge in [0.15, 0.2) is 0 Å². The SMILES string of the molecule is CSCCN(C)c1nc(C)cc(C(N)=S)n1. The fourth-order valence-corrected chi connectivity index (χ4v) is 1.74. The third-order valence-corrected chi connectivity index (χ3v) is 2.87. The molecule has 0 unspecified atom stereocenters. The lowest BCUT2D eigenvalue weighted by Gasteiger charge is -2.17. The van der Waals surface area contributed by atoms with Crippen LogP contribution in [0.5, 0.6) is 0 Å². The maximum Gasteiger partial charge on any atom is 0.225 e. The molecule has 0 radical (unpaired) electrons. The zero-order chi connectivity index (χ0) is 12.1. The Morgan fingerprint density at radius 3 is 2.81 bits per heavy atom. The lowest BCUT2D eigenvalue weighted by molar-refractivity contribution is 0.895. The number of anilines is 1. The largest absolute Gasteiger partial charge is 0.388 e. The molecule has 0 bridgehead atoms. The average Bonchev–Trinajstić information content (AvgIpc) is 2.24. The molecular weight excluding hydrogens is 240 g/mol. The molecule has 0 amide bonds. The summed E-state index contributed by atoms with van der Waals surface area (Å²) in [5.74, 6) is 1.72. The van der Waals surface area contributed by atoms with Crippen LogP contribution in [-0.4, -0.2) is 40.6 Å². The van der Waals surface area contributed by atoms with Crippen molar-refractivity contribution in [1.29, 1.82) is 0 Å². The summed E-state index contributed by atoms with van der Waals surface area (Å²) in [5, 5.41) is 0. The van der Waals surface area contributed by atoms with Gasteiger partial charge in [0.05, 0.1) is 0 Å². The van der Waals surface area contributed by atoms with Crippen molar-refractivity contribution in [3.05, 3.63) is 17.5 Å². The fraction of sp³-hybridized carbons (Fsp3) is 0.500. The quantitative estimate of drug-likeness (QED) is 0.799. The van der Waals surface area contributed by atoms with E-state index in [0.29, 0.717) is 16.6 Å². The van der Waals surface area contributed by atoms with E-state index in [-0.39, 0.29) is 0 Å². The second-order valence-corrected chi connectivity index (χ2v) is 4.90. The maximum atomic E-state index is 5.57. The van der Waals surface area contributed by atoms with E-state index in [0.717, 1.165) is 18.0 Å². The number of thiocarbonyl (C=S) groups is 1. The molecular formula is C10H16N4S2. The molecule has 0 saturated carbocycles. The summed E-state index contributed by atoms with van der Waals surface area (Å²) in [6.45, 7) is 2.82. The van der Waals surface area contributed by atoms with Gasteiger partial charge in [-0.3, -0.25) is 0 Å². The summed E-state index contributed by atoms with van der Waals surface area (Å²) in [4.78, 5) is 11.0. The first-order chi connectivity index (χ1) is 7.54. The van der Waals surface area contributed by atoms with Crippen molar-refractivity contribution in [3.63, 3.8) is 0 Å². The smallest absolute Gasteiger partial charge is 0.225 e. The van der Waals surface area contributed by atoms with Crippen LogP contribution in [0.1, 0.15) is 11.4 Å². The van der Waals surface area contributed by atoms with Crippen molar-refractivity contribution < 1.29 is 0 Å².